The zero-order valence-corrected chi connectivity index (χ0v) is 17.4. The van der Waals surface area contributed by atoms with Crippen LogP contribution < -0.4 is 4.90 Å². The Hall–Kier alpha value is -2.95. The van der Waals surface area contributed by atoms with Gasteiger partial charge in [-0.25, -0.2) is 0 Å². The molecular weight excluding hydrogens is 376 g/mol. The Morgan fingerprint density at radius 1 is 1.07 bits per heavy atom. The van der Waals surface area contributed by atoms with Crippen LogP contribution >= 0.6 is 0 Å². The van der Waals surface area contributed by atoms with Gasteiger partial charge in [-0.1, -0.05) is 43.5 Å². The lowest BCUT2D eigenvalue weighted by molar-refractivity contribution is -0.137. The van der Waals surface area contributed by atoms with Crippen molar-refractivity contribution in [1.29, 1.82) is 0 Å². The molecule has 1 aromatic heterocycles. The molecule has 1 aliphatic rings. The Morgan fingerprint density at radius 3 is 2.67 bits per heavy atom. The van der Waals surface area contributed by atoms with E-state index in [1.165, 1.54) is 5.69 Å². The van der Waals surface area contributed by atoms with Crippen LogP contribution in [-0.4, -0.2) is 34.9 Å². The molecule has 1 aromatic carbocycles. The highest BCUT2D eigenvalue weighted by molar-refractivity contribution is 5.93. The van der Waals surface area contributed by atoms with E-state index in [0.717, 1.165) is 56.3 Å². The van der Waals surface area contributed by atoms with Crippen molar-refractivity contribution in [2.45, 2.75) is 50.9 Å². The maximum atomic E-state index is 11.9. The van der Waals surface area contributed by atoms with E-state index in [1.54, 1.807) is 18.5 Å². The smallest absolute Gasteiger partial charge is 0.304 e. The minimum Gasteiger partial charge on any atom is -0.481 e. The summed E-state index contributed by atoms with van der Waals surface area (Å²) in [6.45, 7) is 1.75. The SMILES string of the molecule is O=C(O)CC1CN(CCCCCCCC(=O)/C=C/c2cccnc2)c2ccccc21. The number of fused-ring (bicyclic) bond motifs is 1. The first-order valence-corrected chi connectivity index (χ1v) is 10.8. The van der Waals surface area contributed by atoms with Gasteiger partial charge in [0.2, 0.25) is 0 Å². The minimum absolute atomic E-state index is 0.0874. The van der Waals surface area contributed by atoms with Crippen LogP contribution in [-0.2, 0) is 9.59 Å². The largest absolute Gasteiger partial charge is 0.481 e. The predicted octanol–water partition coefficient (Wildman–Crippen LogP) is 5.08. The summed E-state index contributed by atoms with van der Waals surface area (Å²) in [5.74, 6) is -0.483. The molecule has 0 radical (unpaired) electrons. The number of carbonyl (C=O) groups excluding carboxylic acids is 1. The number of ketones is 1. The van der Waals surface area contributed by atoms with Crippen LogP contribution in [0.4, 0.5) is 5.69 Å². The molecule has 0 saturated carbocycles. The normalized spacial score (nSPS) is 15.5. The third-order valence-corrected chi connectivity index (χ3v) is 5.58. The van der Waals surface area contributed by atoms with Crippen LogP contribution in [0.5, 0.6) is 0 Å². The van der Waals surface area contributed by atoms with Gasteiger partial charge in [-0.05, 0) is 48.3 Å². The zero-order chi connectivity index (χ0) is 21.2. The molecule has 0 bridgehead atoms. The highest BCUT2D eigenvalue weighted by Crippen LogP contribution is 2.38. The number of aliphatic carboxylic acids is 1. The second-order valence-electron chi connectivity index (χ2n) is 7.90. The summed E-state index contributed by atoms with van der Waals surface area (Å²) >= 11 is 0. The first-order chi connectivity index (χ1) is 14.6. The highest BCUT2D eigenvalue weighted by atomic mass is 16.4. The number of allylic oxidation sites excluding steroid dienone is 1. The number of pyridine rings is 1. The summed E-state index contributed by atoms with van der Waals surface area (Å²) in [4.78, 5) is 29.5. The van der Waals surface area contributed by atoms with Gasteiger partial charge in [0.1, 0.15) is 0 Å². The number of nitrogens with zero attached hydrogens (tertiary/aromatic N) is 2. The number of aromatic nitrogens is 1. The topological polar surface area (TPSA) is 70.5 Å². The summed E-state index contributed by atoms with van der Waals surface area (Å²) in [5, 5.41) is 9.16. The average molecular weight is 407 g/mol. The van der Waals surface area contributed by atoms with Crippen LogP contribution in [0.1, 0.15) is 62.0 Å². The number of carboxylic acid groups (broad SMARTS) is 1. The van der Waals surface area contributed by atoms with Crippen molar-refractivity contribution in [1.82, 2.24) is 4.98 Å². The first kappa shape index (κ1) is 21.8. The Labute approximate surface area is 178 Å². The van der Waals surface area contributed by atoms with Crippen molar-refractivity contribution in [3.63, 3.8) is 0 Å². The van der Waals surface area contributed by atoms with Gasteiger partial charge in [0.05, 0.1) is 6.42 Å². The molecule has 0 aliphatic carbocycles. The number of hydrogen-bond donors (Lipinski definition) is 1. The number of hydrogen-bond acceptors (Lipinski definition) is 4. The van der Waals surface area contributed by atoms with Crippen LogP contribution in [0.2, 0.25) is 0 Å². The lowest BCUT2D eigenvalue weighted by atomic mass is 9.98. The van der Waals surface area contributed by atoms with Crippen molar-refractivity contribution in [2.75, 3.05) is 18.0 Å². The average Bonchev–Trinajstić information content (AvgIpc) is 3.09. The predicted molar refractivity (Wildman–Crippen MR) is 120 cm³/mol. The molecule has 30 heavy (non-hydrogen) atoms. The van der Waals surface area contributed by atoms with Gasteiger partial charge >= 0.3 is 5.97 Å². The number of para-hydroxylation sites is 1. The van der Waals surface area contributed by atoms with Crippen molar-refractivity contribution >= 4 is 23.5 Å². The van der Waals surface area contributed by atoms with Crippen LogP contribution in [0, 0.1) is 0 Å². The van der Waals surface area contributed by atoms with Crippen molar-refractivity contribution in [2.24, 2.45) is 0 Å². The van der Waals surface area contributed by atoms with E-state index in [9.17, 15) is 9.59 Å². The number of carbonyl (C=O) groups is 2. The molecule has 1 aliphatic heterocycles. The molecule has 2 aromatic rings. The van der Waals surface area contributed by atoms with Gasteiger partial charge in [0, 0.05) is 43.5 Å². The molecule has 5 heteroatoms. The molecule has 158 valence electrons. The van der Waals surface area contributed by atoms with Gasteiger partial charge in [0.15, 0.2) is 5.78 Å². The molecule has 1 atom stereocenters. The first-order valence-electron chi connectivity index (χ1n) is 10.8. The van der Waals surface area contributed by atoms with E-state index in [0.29, 0.717) is 6.42 Å². The summed E-state index contributed by atoms with van der Waals surface area (Å²) in [7, 11) is 0. The molecule has 0 fully saturated rings. The van der Waals surface area contributed by atoms with Crippen LogP contribution in [0.25, 0.3) is 6.08 Å². The molecule has 2 heterocycles. The Bertz CT molecular complexity index is 864. The van der Waals surface area contributed by atoms with E-state index in [1.807, 2.05) is 30.3 Å². The van der Waals surface area contributed by atoms with Crippen molar-refractivity contribution < 1.29 is 14.7 Å². The van der Waals surface area contributed by atoms with Crippen molar-refractivity contribution in [3.8, 4) is 0 Å². The van der Waals surface area contributed by atoms with Gasteiger partial charge < -0.3 is 10.0 Å². The second-order valence-corrected chi connectivity index (χ2v) is 7.90. The Kier molecular flexibility index (Phi) is 8.19. The van der Waals surface area contributed by atoms with E-state index >= 15 is 0 Å². The molecular formula is C25H30N2O3. The summed E-state index contributed by atoms with van der Waals surface area (Å²) < 4.78 is 0. The summed E-state index contributed by atoms with van der Waals surface area (Å²) in [6, 6.07) is 12.0. The lowest BCUT2D eigenvalue weighted by Gasteiger charge is -2.19. The zero-order valence-electron chi connectivity index (χ0n) is 17.4. The summed E-state index contributed by atoms with van der Waals surface area (Å²) in [5.41, 5.74) is 3.30. The fraction of sp³-hybridized carbons (Fsp3) is 0.400. The van der Waals surface area contributed by atoms with E-state index in [4.69, 9.17) is 5.11 Å². The van der Waals surface area contributed by atoms with E-state index in [2.05, 4.69) is 22.0 Å². The Balaban J connectivity index is 1.31. The number of rotatable bonds is 12. The lowest BCUT2D eigenvalue weighted by Crippen LogP contribution is -2.23. The third-order valence-electron chi connectivity index (χ3n) is 5.58. The number of anilines is 1. The van der Waals surface area contributed by atoms with Gasteiger partial charge in [-0.15, -0.1) is 0 Å². The van der Waals surface area contributed by atoms with Gasteiger partial charge in [0.25, 0.3) is 0 Å². The molecule has 0 spiro atoms. The molecule has 0 saturated heterocycles. The van der Waals surface area contributed by atoms with Crippen LogP contribution in [0.15, 0.2) is 54.9 Å². The maximum absolute atomic E-state index is 11.9. The standard InChI is InChI=1S/C25H30N2O3/c28-22(14-13-20-9-8-15-26-18-20)10-4-2-1-3-7-16-27-19-21(17-25(29)30)23-11-5-6-12-24(23)27/h5-6,8-9,11-15,18,21H,1-4,7,10,16-17,19H2,(H,29,30)/b14-13+. The number of unbranched alkanes of at least 4 members (excludes halogenated alkanes) is 4. The van der Waals surface area contributed by atoms with E-state index < -0.39 is 5.97 Å². The highest BCUT2D eigenvalue weighted by Gasteiger charge is 2.29. The van der Waals surface area contributed by atoms with Gasteiger partial charge in [-0.2, -0.15) is 0 Å². The fourth-order valence-electron chi connectivity index (χ4n) is 4.06. The molecule has 0 amide bonds. The number of benzene rings is 1. The molecule has 3 rings (SSSR count). The van der Waals surface area contributed by atoms with Gasteiger partial charge in [-0.3, -0.25) is 14.6 Å². The molecule has 1 unspecified atom stereocenters. The molecule has 1 N–H and O–H groups in total. The van der Waals surface area contributed by atoms with E-state index in [-0.39, 0.29) is 18.1 Å². The number of carboxylic acids is 1. The van der Waals surface area contributed by atoms with Crippen molar-refractivity contribution in [3.05, 3.63) is 66.0 Å². The monoisotopic (exact) mass is 406 g/mol. The second kappa shape index (κ2) is 11.3. The Morgan fingerprint density at radius 2 is 1.87 bits per heavy atom. The van der Waals surface area contributed by atoms with Crippen LogP contribution in [0.3, 0.4) is 0 Å². The maximum Gasteiger partial charge on any atom is 0.304 e. The minimum atomic E-state index is -0.735. The quantitative estimate of drug-likeness (QED) is 0.393. The fourth-order valence-corrected chi connectivity index (χ4v) is 4.06. The third kappa shape index (κ3) is 6.55. The summed E-state index contributed by atoms with van der Waals surface area (Å²) in [6.07, 6.45) is 13.0. The molecule has 5 nitrogen and oxygen atoms in total.